The number of ether oxygens (including phenoxy) is 2. The predicted molar refractivity (Wildman–Crippen MR) is 138 cm³/mol. The lowest BCUT2D eigenvalue weighted by Gasteiger charge is -2.22. The molecule has 1 aliphatic rings. The molecular formula is C28H25FN6O3. The van der Waals surface area contributed by atoms with Crippen molar-refractivity contribution in [2.24, 2.45) is 0 Å². The number of H-pyrrole nitrogens is 1. The Bertz CT molecular complexity index is 1660. The van der Waals surface area contributed by atoms with Gasteiger partial charge in [0.25, 0.3) is 5.56 Å². The van der Waals surface area contributed by atoms with Gasteiger partial charge in [-0.1, -0.05) is 30.3 Å². The number of nitrogens with one attached hydrogen (secondary N) is 1. The van der Waals surface area contributed by atoms with Crippen molar-refractivity contribution in [1.29, 1.82) is 0 Å². The maximum atomic E-state index is 13.4. The zero-order valence-corrected chi connectivity index (χ0v) is 20.7. The molecule has 9 nitrogen and oxygen atoms in total. The van der Waals surface area contributed by atoms with Gasteiger partial charge in [0.1, 0.15) is 5.82 Å². The van der Waals surface area contributed by atoms with Gasteiger partial charge in [0.05, 0.1) is 13.1 Å². The number of aromatic nitrogens is 5. The molecule has 0 amide bonds. The Hall–Kier alpha value is -4.57. The first-order valence-corrected chi connectivity index (χ1v) is 12.2. The lowest BCUT2D eigenvalue weighted by molar-refractivity contribution is 0.174. The molecule has 2 aromatic heterocycles. The molecular weight excluding hydrogens is 487 g/mol. The average molecular weight is 513 g/mol. The van der Waals surface area contributed by atoms with Crippen molar-refractivity contribution >= 4 is 10.9 Å². The van der Waals surface area contributed by atoms with Gasteiger partial charge in [0.15, 0.2) is 17.3 Å². The molecule has 1 aliphatic heterocycles. The number of aryl methyl sites for hydroxylation is 1. The molecule has 0 spiro atoms. The Morgan fingerprint density at radius 1 is 0.947 bits per heavy atom. The first-order valence-electron chi connectivity index (χ1n) is 12.2. The van der Waals surface area contributed by atoms with E-state index in [1.807, 2.05) is 49.4 Å². The van der Waals surface area contributed by atoms with Gasteiger partial charge in [0, 0.05) is 24.2 Å². The molecule has 192 valence electrons. The molecule has 0 radical (unpaired) electrons. The van der Waals surface area contributed by atoms with Crippen LogP contribution in [0.5, 0.6) is 11.5 Å². The molecule has 0 unspecified atom stereocenters. The van der Waals surface area contributed by atoms with Crippen LogP contribution in [0.4, 0.5) is 4.39 Å². The summed E-state index contributed by atoms with van der Waals surface area (Å²) in [6.07, 6.45) is 0. The van der Waals surface area contributed by atoms with Crippen LogP contribution < -0.4 is 15.0 Å². The smallest absolute Gasteiger partial charge is 0.252 e. The number of hydrogen-bond acceptors (Lipinski definition) is 7. The van der Waals surface area contributed by atoms with Gasteiger partial charge in [-0.05, 0) is 75.8 Å². The fourth-order valence-corrected chi connectivity index (χ4v) is 4.61. The van der Waals surface area contributed by atoms with E-state index in [0.29, 0.717) is 49.1 Å². The second-order valence-corrected chi connectivity index (χ2v) is 9.43. The van der Waals surface area contributed by atoms with Gasteiger partial charge in [-0.25, -0.2) is 9.07 Å². The summed E-state index contributed by atoms with van der Waals surface area (Å²) in [6, 6.07) is 20.0. The first kappa shape index (κ1) is 23.8. The Kier molecular flexibility index (Phi) is 6.30. The van der Waals surface area contributed by atoms with Crippen molar-refractivity contribution in [3.8, 4) is 11.5 Å². The summed E-state index contributed by atoms with van der Waals surface area (Å²) in [5.74, 6) is 1.74. The fourth-order valence-electron chi connectivity index (χ4n) is 4.61. The maximum Gasteiger partial charge on any atom is 0.252 e. The largest absolute Gasteiger partial charge is 0.454 e. The normalized spacial score (nSPS) is 12.5. The standard InChI is InChI=1S/C28H25FN6O3/c1-18-2-6-21-12-22(28(36)30-24(21)10-18)15-34(13-20-5-9-25-26(11-20)38-17-37-25)16-27-31-32-33-35(27)14-19-3-7-23(29)8-4-19/h2-12H,13-17H2,1H3,(H,30,36). The summed E-state index contributed by atoms with van der Waals surface area (Å²) in [4.78, 5) is 18.1. The highest BCUT2D eigenvalue weighted by Crippen LogP contribution is 2.33. The van der Waals surface area contributed by atoms with Crippen LogP contribution in [0.15, 0.2) is 71.5 Å². The van der Waals surface area contributed by atoms with E-state index in [1.165, 1.54) is 12.1 Å². The van der Waals surface area contributed by atoms with Crippen LogP contribution in [0.25, 0.3) is 10.9 Å². The van der Waals surface area contributed by atoms with E-state index >= 15 is 0 Å². The molecule has 0 bridgehead atoms. The third-order valence-electron chi connectivity index (χ3n) is 6.53. The second kappa shape index (κ2) is 10.1. The average Bonchev–Trinajstić information content (AvgIpc) is 3.55. The van der Waals surface area contributed by atoms with Crippen LogP contribution in [0, 0.1) is 12.7 Å². The highest BCUT2D eigenvalue weighted by Gasteiger charge is 2.19. The van der Waals surface area contributed by atoms with Gasteiger partial charge in [0.2, 0.25) is 6.79 Å². The third kappa shape index (κ3) is 5.12. The molecule has 0 saturated heterocycles. The monoisotopic (exact) mass is 512 g/mol. The van der Waals surface area contributed by atoms with Crippen LogP contribution in [0.2, 0.25) is 0 Å². The van der Waals surface area contributed by atoms with E-state index in [2.05, 4.69) is 25.4 Å². The highest BCUT2D eigenvalue weighted by atomic mass is 19.1. The number of fused-ring (bicyclic) bond motifs is 2. The van der Waals surface area contributed by atoms with E-state index < -0.39 is 0 Å². The second-order valence-electron chi connectivity index (χ2n) is 9.43. The van der Waals surface area contributed by atoms with Gasteiger partial charge in [-0.2, -0.15) is 0 Å². The summed E-state index contributed by atoms with van der Waals surface area (Å²) < 4.78 is 26.1. The SMILES string of the molecule is Cc1ccc2cc(CN(Cc3ccc4c(c3)OCO4)Cc3nnnn3Cc3ccc(F)cc3)c(=O)[nH]c2c1. The number of tetrazole rings is 1. The fraction of sp³-hybridized carbons (Fsp3) is 0.214. The lowest BCUT2D eigenvalue weighted by Crippen LogP contribution is -2.28. The van der Waals surface area contributed by atoms with E-state index in [4.69, 9.17) is 9.47 Å². The zero-order chi connectivity index (χ0) is 26.1. The molecule has 3 aromatic carbocycles. The summed E-state index contributed by atoms with van der Waals surface area (Å²) in [6.45, 7) is 3.87. The van der Waals surface area contributed by atoms with Crippen molar-refractivity contribution < 1.29 is 13.9 Å². The lowest BCUT2D eigenvalue weighted by atomic mass is 10.1. The van der Waals surface area contributed by atoms with Crippen LogP contribution in [-0.4, -0.2) is 36.9 Å². The molecule has 0 atom stereocenters. The van der Waals surface area contributed by atoms with Gasteiger partial charge >= 0.3 is 0 Å². The molecule has 38 heavy (non-hydrogen) atoms. The zero-order valence-electron chi connectivity index (χ0n) is 20.7. The Morgan fingerprint density at radius 2 is 1.76 bits per heavy atom. The van der Waals surface area contributed by atoms with Gasteiger partial charge in [-0.3, -0.25) is 9.69 Å². The first-order chi connectivity index (χ1) is 18.5. The summed E-state index contributed by atoms with van der Waals surface area (Å²) >= 11 is 0. The minimum atomic E-state index is -0.295. The molecule has 0 saturated carbocycles. The maximum absolute atomic E-state index is 13.4. The van der Waals surface area contributed by atoms with Crippen LogP contribution in [-0.2, 0) is 26.2 Å². The quantitative estimate of drug-likeness (QED) is 0.336. The van der Waals surface area contributed by atoms with Crippen LogP contribution in [0.3, 0.4) is 0 Å². The summed E-state index contributed by atoms with van der Waals surface area (Å²) in [7, 11) is 0. The summed E-state index contributed by atoms with van der Waals surface area (Å²) in [5, 5.41) is 13.2. The molecule has 10 heteroatoms. The highest BCUT2D eigenvalue weighted by molar-refractivity contribution is 5.79. The van der Waals surface area contributed by atoms with E-state index in [0.717, 1.165) is 27.6 Å². The molecule has 0 aliphatic carbocycles. The van der Waals surface area contributed by atoms with Crippen LogP contribution >= 0.6 is 0 Å². The number of halogens is 1. The minimum Gasteiger partial charge on any atom is -0.454 e. The molecule has 5 aromatic rings. The van der Waals surface area contributed by atoms with Crippen molar-refractivity contribution in [2.75, 3.05) is 6.79 Å². The number of benzene rings is 3. The van der Waals surface area contributed by atoms with E-state index in [1.54, 1.807) is 16.8 Å². The molecule has 6 rings (SSSR count). The Balaban J connectivity index is 1.30. The van der Waals surface area contributed by atoms with Gasteiger partial charge < -0.3 is 14.5 Å². The van der Waals surface area contributed by atoms with Gasteiger partial charge in [-0.15, -0.1) is 5.10 Å². The Morgan fingerprint density at radius 3 is 2.63 bits per heavy atom. The van der Waals surface area contributed by atoms with E-state index in [-0.39, 0.29) is 18.2 Å². The minimum absolute atomic E-state index is 0.135. The number of hydrogen-bond donors (Lipinski definition) is 1. The molecule has 1 N–H and O–H groups in total. The van der Waals surface area contributed by atoms with Crippen molar-refractivity contribution in [1.82, 2.24) is 30.1 Å². The van der Waals surface area contributed by atoms with Crippen molar-refractivity contribution in [3.05, 3.63) is 111 Å². The van der Waals surface area contributed by atoms with Crippen molar-refractivity contribution in [3.63, 3.8) is 0 Å². The Labute approximate surface area is 217 Å². The summed E-state index contributed by atoms with van der Waals surface area (Å²) in [5.41, 5.74) is 4.27. The molecule has 0 fully saturated rings. The van der Waals surface area contributed by atoms with Crippen molar-refractivity contribution in [2.45, 2.75) is 33.1 Å². The van der Waals surface area contributed by atoms with E-state index in [9.17, 15) is 9.18 Å². The molecule has 3 heterocycles. The number of aromatic amines is 1. The number of rotatable bonds is 8. The third-order valence-corrected chi connectivity index (χ3v) is 6.53. The number of nitrogens with zero attached hydrogens (tertiary/aromatic N) is 5. The predicted octanol–water partition coefficient (Wildman–Crippen LogP) is 3.94. The number of pyridine rings is 1. The topological polar surface area (TPSA) is 98.2 Å². The van der Waals surface area contributed by atoms with Crippen LogP contribution in [0.1, 0.15) is 28.1 Å².